The Morgan fingerprint density at radius 3 is 2.50 bits per heavy atom. The van der Waals surface area contributed by atoms with Crippen LogP contribution in [-0.4, -0.2) is 35.5 Å². The molecule has 0 spiro atoms. The van der Waals surface area contributed by atoms with Crippen LogP contribution in [-0.2, 0) is 6.54 Å². The van der Waals surface area contributed by atoms with Crippen LogP contribution < -0.4 is 10.6 Å². The van der Waals surface area contributed by atoms with Gasteiger partial charge < -0.3 is 10.6 Å². The maximum Gasteiger partial charge on any atom is 0.269 e. The van der Waals surface area contributed by atoms with E-state index in [0.717, 1.165) is 23.8 Å². The zero-order chi connectivity index (χ0) is 15.7. The molecule has 0 unspecified atom stereocenters. The predicted octanol–water partition coefficient (Wildman–Crippen LogP) is 3.02. The number of thioether (sulfide) groups is 1. The van der Waals surface area contributed by atoms with Crippen LogP contribution in [0.15, 0.2) is 29.3 Å². The lowest BCUT2D eigenvalue weighted by molar-refractivity contribution is -0.384. The number of non-ortho nitro benzene ring substituents is 1. The van der Waals surface area contributed by atoms with Crippen molar-refractivity contribution in [2.45, 2.75) is 26.4 Å². The summed E-state index contributed by atoms with van der Waals surface area (Å²) in [5, 5.41) is 17.1. The highest BCUT2D eigenvalue weighted by Gasteiger charge is 2.04. The molecule has 0 atom stereocenters. The lowest BCUT2D eigenvalue weighted by Crippen LogP contribution is -2.42. The van der Waals surface area contributed by atoms with Gasteiger partial charge in [0.05, 0.1) is 11.5 Å². The van der Waals surface area contributed by atoms with Gasteiger partial charge in [0.2, 0.25) is 0 Å². The summed E-state index contributed by atoms with van der Waals surface area (Å²) in [6.07, 6.45) is 2.06. The topological polar surface area (TPSA) is 79.6 Å². The number of nitro groups is 1. The number of benzene rings is 1. The van der Waals surface area contributed by atoms with Crippen molar-refractivity contribution < 1.29 is 4.92 Å². The molecule has 1 aromatic rings. The fourth-order valence-corrected chi connectivity index (χ4v) is 1.90. The van der Waals surface area contributed by atoms with E-state index in [-0.39, 0.29) is 29.7 Å². The van der Waals surface area contributed by atoms with Crippen LogP contribution in [0.4, 0.5) is 5.69 Å². The first-order valence-corrected chi connectivity index (χ1v) is 8.19. The minimum Gasteiger partial charge on any atom is -0.356 e. The molecule has 1 aromatic carbocycles. The third-order valence-electron chi connectivity index (χ3n) is 2.59. The van der Waals surface area contributed by atoms with Crippen molar-refractivity contribution in [1.29, 1.82) is 0 Å². The van der Waals surface area contributed by atoms with Gasteiger partial charge in [0.25, 0.3) is 5.69 Å². The van der Waals surface area contributed by atoms with Crippen LogP contribution in [0.3, 0.4) is 0 Å². The SMILES string of the molecule is CSCCNC(=NCc1ccc([N+](=O)[O-])cc1)NC(C)C.I. The fraction of sp³-hybridized carbons (Fsp3) is 0.500. The van der Waals surface area contributed by atoms with Gasteiger partial charge in [0, 0.05) is 30.5 Å². The highest BCUT2D eigenvalue weighted by atomic mass is 127. The number of hydrogen-bond acceptors (Lipinski definition) is 4. The minimum atomic E-state index is -0.400. The lowest BCUT2D eigenvalue weighted by Gasteiger charge is -2.14. The van der Waals surface area contributed by atoms with Crippen molar-refractivity contribution in [2.24, 2.45) is 4.99 Å². The molecule has 2 N–H and O–H groups in total. The van der Waals surface area contributed by atoms with Gasteiger partial charge >= 0.3 is 0 Å². The average molecular weight is 438 g/mol. The molecule has 0 aliphatic heterocycles. The smallest absolute Gasteiger partial charge is 0.269 e. The number of nitrogens with zero attached hydrogens (tertiary/aromatic N) is 2. The summed E-state index contributed by atoms with van der Waals surface area (Å²) in [5.41, 5.74) is 1.04. The number of rotatable bonds is 7. The van der Waals surface area contributed by atoms with E-state index in [1.54, 1.807) is 23.9 Å². The summed E-state index contributed by atoms with van der Waals surface area (Å²) in [5.74, 6) is 1.77. The molecule has 0 fully saturated rings. The van der Waals surface area contributed by atoms with Gasteiger partial charge in [0.15, 0.2) is 5.96 Å². The molecule has 0 aromatic heterocycles. The first-order chi connectivity index (χ1) is 10.0. The Labute approximate surface area is 152 Å². The zero-order valence-electron chi connectivity index (χ0n) is 13.0. The Hall–Kier alpha value is -1.03. The van der Waals surface area contributed by atoms with Gasteiger partial charge in [-0.05, 0) is 25.7 Å². The number of halogens is 1. The molecular weight excluding hydrogens is 415 g/mol. The van der Waals surface area contributed by atoms with E-state index < -0.39 is 4.92 Å². The Morgan fingerprint density at radius 1 is 1.36 bits per heavy atom. The lowest BCUT2D eigenvalue weighted by atomic mass is 10.2. The van der Waals surface area contributed by atoms with Gasteiger partial charge in [-0.15, -0.1) is 24.0 Å². The molecule has 0 amide bonds. The highest BCUT2D eigenvalue weighted by molar-refractivity contribution is 14.0. The second-order valence-corrected chi connectivity index (χ2v) is 5.79. The summed E-state index contributed by atoms with van der Waals surface area (Å²) >= 11 is 1.77. The van der Waals surface area contributed by atoms with Crippen LogP contribution in [0.1, 0.15) is 19.4 Å². The van der Waals surface area contributed by atoms with Gasteiger partial charge in [-0.1, -0.05) is 12.1 Å². The average Bonchev–Trinajstić information content (AvgIpc) is 2.44. The van der Waals surface area contributed by atoms with E-state index in [4.69, 9.17) is 0 Å². The van der Waals surface area contributed by atoms with E-state index in [2.05, 4.69) is 35.7 Å². The van der Waals surface area contributed by atoms with Crippen LogP contribution in [0, 0.1) is 10.1 Å². The highest BCUT2D eigenvalue weighted by Crippen LogP contribution is 2.12. The van der Waals surface area contributed by atoms with Crippen molar-refractivity contribution >= 4 is 47.4 Å². The number of guanidine groups is 1. The summed E-state index contributed by atoms with van der Waals surface area (Å²) in [6.45, 7) is 5.44. The van der Waals surface area contributed by atoms with Crippen LogP contribution in [0.5, 0.6) is 0 Å². The van der Waals surface area contributed by atoms with Gasteiger partial charge in [-0.2, -0.15) is 11.8 Å². The molecule has 0 saturated heterocycles. The van der Waals surface area contributed by atoms with Crippen molar-refractivity contribution in [3.8, 4) is 0 Å². The molecule has 0 heterocycles. The standard InChI is InChI=1S/C14H22N4O2S.HI/c1-11(2)17-14(15-8-9-21-3)16-10-12-4-6-13(7-5-12)18(19)20;/h4-7,11H,8-10H2,1-3H3,(H2,15,16,17);1H. The Kier molecular flexibility index (Phi) is 11.0. The fourth-order valence-electron chi connectivity index (χ4n) is 1.59. The molecule has 6 nitrogen and oxygen atoms in total. The molecule has 1 rings (SSSR count). The molecule has 8 heteroatoms. The maximum atomic E-state index is 10.6. The van der Waals surface area contributed by atoms with E-state index in [1.807, 2.05) is 0 Å². The number of nitrogens with one attached hydrogen (secondary N) is 2. The second-order valence-electron chi connectivity index (χ2n) is 4.81. The Morgan fingerprint density at radius 2 is 2.00 bits per heavy atom. The summed E-state index contributed by atoms with van der Waals surface area (Å²) in [6, 6.07) is 6.76. The number of nitro benzene ring substituents is 1. The van der Waals surface area contributed by atoms with E-state index in [1.165, 1.54) is 12.1 Å². The normalized spacial score (nSPS) is 11.0. The van der Waals surface area contributed by atoms with E-state index in [9.17, 15) is 10.1 Å². The van der Waals surface area contributed by atoms with Crippen LogP contribution in [0.2, 0.25) is 0 Å². The van der Waals surface area contributed by atoms with Crippen molar-refractivity contribution in [3.05, 3.63) is 39.9 Å². The molecular formula is C14H23IN4O2S. The van der Waals surface area contributed by atoms with Gasteiger partial charge in [-0.3, -0.25) is 10.1 Å². The molecule has 0 bridgehead atoms. The molecule has 0 radical (unpaired) electrons. The second kappa shape index (κ2) is 11.5. The van der Waals surface area contributed by atoms with Gasteiger partial charge in [-0.25, -0.2) is 4.99 Å². The van der Waals surface area contributed by atoms with Crippen molar-refractivity contribution in [3.63, 3.8) is 0 Å². The number of hydrogen-bond donors (Lipinski definition) is 2. The monoisotopic (exact) mass is 438 g/mol. The molecule has 0 aliphatic carbocycles. The predicted molar refractivity (Wildman–Crippen MR) is 104 cm³/mol. The summed E-state index contributed by atoms with van der Waals surface area (Å²) in [4.78, 5) is 14.7. The largest absolute Gasteiger partial charge is 0.356 e. The quantitative estimate of drug-likeness (QED) is 0.171. The molecule has 0 aliphatic rings. The van der Waals surface area contributed by atoms with Crippen molar-refractivity contribution in [1.82, 2.24) is 10.6 Å². The maximum absolute atomic E-state index is 10.6. The third kappa shape index (κ3) is 8.42. The van der Waals surface area contributed by atoms with E-state index >= 15 is 0 Å². The zero-order valence-corrected chi connectivity index (χ0v) is 16.2. The van der Waals surface area contributed by atoms with Gasteiger partial charge in [0.1, 0.15) is 0 Å². The Balaban J connectivity index is 0.00000441. The minimum absolute atomic E-state index is 0. The summed E-state index contributed by atoms with van der Waals surface area (Å²) in [7, 11) is 0. The molecule has 0 saturated carbocycles. The number of aliphatic imine (C=N–C) groups is 1. The van der Waals surface area contributed by atoms with Crippen LogP contribution >= 0.6 is 35.7 Å². The first-order valence-electron chi connectivity index (χ1n) is 6.80. The Bertz CT molecular complexity index is 480. The summed E-state index contributed by atoms with van der Waals surface area (Å²) < 4.78 is 0. The molecule has 124 valence electrons. The van der Waals surface area contributed by atoms with E-state index in [0.29, 0.717) is 12.6 Å². The van der Waals surface area contributed by atoms with Crippen molar-refractivity contribution in [2.75, 3.05) is 18.6 Å². The first kappa shape index (κ1) is 21.0. The third-order valence-corrected chi connectivity index (χ3v) is 3.20. The van der Waals surface area contributed by atoms with Crippen LogP contribution in [0.25, 0.3) is 0 Å². The molecule has 22 heavy (non-hydrogen) atoms.